The molecule has 0 spiro atoms. The molecule has 0 aliphatic rings. The first-order valence-corrected chi connectivity index (χ1v) is 7.13. The first kappa shape index (κ1) is 15.8. The topological polar surface area (TPSA) is 66.8 Å². The molecule has 5 heteroatoms. The van der Waals surface area contributed by atoms with Gasteiger partial charge in [0.15, 0.2) is 6.61 Å². The number of fused-ring (bicyclic) bond motifs is 1. The number of carboxylic acid groups (broad SMARTS) is 1. The first-order chi connectivity index (χ1) is 10.6. The largest absolute Gasteiger partial charge is 0.484 e. The fourth-order valence-electron chi connectivity index (χ4n) is 2.10. The number of likely N-dealkylation sites (N-methyl/N-ethyl adjacent to an activating group) is 1. The minimum absolute atomic E-state index is 0.0537. The molecule has 0 aliphatic carbocycles. The molecule has 22 heavy (non-hydrogen) atoms. The van der Waals surface area contributed by atoms with Crippen LogP contribution in [0.25, 0.3) is 10.8 Å². The maximum Gasteiger partial charge on any atom is 0.303 e. The first-order valence-electron chi connectivity index (χ1n) is 7.13. The summed E-state index contributed by atoms with van der Waals surface area (Å²) in [6, 6.07) is 13.6. The van der Waals surface area contributed by atoms with Crippen LogP contribution in [0.3, 0.4) is 0 Å². The summed E-state index contributed by atoms with van der Waals surface area (Å²) in [6.45, 7) is 0.355. The predicted molar refractivity (Wildman–Crippen MR) is 83.9 cm³/mol. The van der Waals surface area contributed by atoms with E-state index in [4.69, 9.17) is 9.84 Å². The molecule has 2 aromatic carbocycles. The average molecular weight is 301 g/mol. The third kappa shape index (κ3) is 4.48. The minimum atomic E-state index is -0.853. The summed E-state index contributed by atoms with van der Waals surface area (Å²) in [7, 11) is 1.65. The van der Waals surface area contributed by atoms with Crippen molar-refractivity contribution in [1.29, 1.82) is 0 Å². The van der Waals surface area contributed by atoms with Gasteiger partial charge in [-0.1, -0.05) is 30.3 Å². The quantitative estimate of drug-likeness (QED) is 0.853. The van der Waals surface area contributed by atoms with Gasteiger partial charge in [0, 0.05) is 20.0 Å². The van der Waals surface area contributed by atoms with Crippen LogP contribution in [0.2, 0.25) is 0 Å². The molecule has 0 heterocycles. The molecule has 0 atom stereocenters. The summed E-state index contributed by atoms with van der Waals surface area (Å²) in [4.78, 5) is 23.8. The molecule has 1 N–H and O–H groups in total. The second-order valence-electron chi connectivity index (χ2n) is 5.11. The normalized spacial score (nSPS) is 10.4. The molecule has 1 amide bonds. The summed E-state index contributed by atoms with van der Waals surface area (Å²) in [5, 5.41) is 10.8. The predicted octanol–water partition coefficient (Wildman–Crippen LogP) is 2.54. The standard InChI is InChI=1S/C17H19NO4/c1-18(10-4-7-17(20)21)16(19)12-22-15-9-8-13-5-2-3-6-14(13)11-15/h2-3,5-6,8-9,11H,4,7,10,12H2,1H3,(H,20,21). The maximum atomic E-state index is 11.9. The van der Waals surface area contributed by atoms with Crippen molar-refractivity contribution in [3.63, 3.8) is 0 Å². The van der Waals surface area contributed by atoms with Crippen molar-refractivity contribution in [3.8, 4) is 5.75 Å². The smallest absolute Gasteiger partial charge is 0.303 e. The zero-order valence-electron chi connectivity index (χ0n) is 12.5. The number of benzene rings is 2. The average Bonchev–Trinajstić information content (AvgIpc) is 2.51. The molecule has 116 valence electrons. The van der Waals surface area contributed by atoms with Crippen molar-refractivity contribution in [2.45, 2.75) is 12.8 Å². The van der Waals surface area contributed by atoms with Crippen LogP contribution in [-0.2, 0) is 9.59 Å². The van der Waals surface area contributed by atoms with Gasteiger partial charge in [-0.25, -0.2) is 0 Å². The monoisotopic (exact) mass is 301 g/mol. The fraction of sp³-hybridized carbons (Fsp3) is 0.294. The van der Waals surface area contributed by atoms with Gasteiger partial charge in [0.25, 0.3) is 5.91 Å². The van der Waals surface area contributed by atoms with E-state index < -0.39 is 5.97 Å². The summed E-state index contributed by atoms with van der Waals surface area (Å²) < 4.78 is 5.52. The van der Waals surface area contributed by atoms with Gasteiger partial charge in [-0.15, -0.1) is 0 Å². The Morgan fingerprint density at radius 1 is 1.14 bits per heavy atom. The van der Waals surface area contributed by atoms with E-state index in [1.165, 1.54) is 4.90 Å². The number of nitrogens with zero attached hydrogens (tertiary/aromatic N) is 1. The molecule has 0 bridgehead atoms. The lowest BCUT2D eigenvalue weighted by atomic mass is 10.1. The van der Waals surface area contributed by atoms with Crippen molar-refractivity contribution in [2.75, 3.05) is 20.2 Å². The Morgan fingerprint density at radius 3 is 2.59 bits per heavy atom. The summed E-state index contributed by atoms with van der Waals surface area (Å²) in [5.74, 6) is -0.377. The second kappa shape index (κ2) is 7.45. The third-order valence-corrected chi connectivity index (χ3v) is 3.39. The van der Waals surface area contributed by atoms with E-state index in [2.05, 4.69) is 0 Å². The van der Waals surface area contributed by atoms with Crippen LogP contribution in [0.1, 0.15) is 12.8 Å². The van der Waals surface area contributed by atoms with E-state index in [-0.39, 0.29) is 18.9 Å². The van der Waals surface area contributed by atoms with E-state index in [9.17, 15) is 9.59 Å². The summed E-state index contributed by atoms with van der Waals surface area (Å²) in [6.07, 6.45) is 0.497. The number of carbonyl (C=O) groups excluding carboxylic acids is 1. The number of aliphatic carboxylic acids is 1. The van der Waals surface area contributed by atoms with Crippen LogP contribution >= 0.6 is 0 Å². The molecule has 5 nitrogen and oxygen atoms in total. The molecule has 0 fully saturated rings. The summed E-state index contributed by atoms with van der Waals surface area (Å²) >= 11 is 0. The van der Waals surface area contributed by atoms with E-state index in [1.54, 1.807) is 7.05 Å². The number of ether oxygens (including phenoxy) is 1. The lowest BCUT2D eigenvalue weighted by Crippen LogP contribution is -2.32. The van der Waals surface area contributed by atoms with Gasteiger partial charge in [0.2, 0.25) is 0 Å². The minimum Gasteiger partial charge on any atom is -0.484 e. The molecule has 0 aromatic heterocycles. The van der Waals surface area contributed by atoms with Gasteiger partial charge in [-0.3, -0.25) is 9.59 Å². The number of carbonyl (C=O) groups is 2. The van der Waals surface area contributed by atoms with Crippen LogP contribution in [0.15, 0.2) is 42.5 Å². The zero-order chi connectivity index (χ0) is 15.9. The van der Waals surface area contributed by atoms with Crippen molar-refractivity contribution >= 4 is 22.6 Å². The zero-order valence-corrected chi connectivity index (χ0v) is 12.5. The van der Waals surface area contributed by atoms with Crippen LogP contribution in [0, 0.1) is 0 Å². The third-order valence-electron chi connectivity index (χ3n) is 3.39. The molecular weight excluding hydrogens is 282 g/mol. The van der Waals surface area contributed by atoms with Gasteiger partial charge >= 0.3 is 5.97 Å². The molecule has 0 saturated carbocycles. The number of hydrogen-bond donors (Lipinski definition) is 1. The Balaban J connectivity index is 1.85. The van der Waals surface area contributed by atoms with E-state index in [0.29, 0.717) is 18.7 Å². The number of rotatable bonds is 7. The van der Waals surface area contributed by atoms with Crippen molar-refractivity contribution in [1.82, 2.24) is 4.90 Å². The highest BCUT2D eigenvalue weighted by Crippen LogP contribution is 2.20. The summed E-state index contributed by atoms with van der Waals surface area (Å²) in [5.41, 5.74) is 0. The highest BCUT2D eigenvalue weighted by Gasteiger charge is 2.10. The Bertz CT molecular complexity index is 669. The molecule has 2 aromatic rings. The van der Waals surface area contributed by atoms with Crippen LogP contribution in [-0.4, -0.2) is 42.1 Å². The SMILES string of the molecule is CN(CCCC(=O)O)C(=O)COc1ccc2ccccc2c1. The highest BCUT2D eigenvalue weighted by atomic mass is 16.5. The van der Waals surface area contributed by atoms with Crippen molar-refractivity contribution in [2.24, 2.45) is 0 Å². The van der Waals surface area contributed by atoms with Crippen LogP contribution < -0.4 is 4.74 Å². The van der Waals surface area contributed by atoms with Gasteiger partial charge in [0.1, 0.15) is 5.75 Å². The van der Waals surface area contributed by atoms with Crippen molar-refractivity contribution < 1.29 is 19.4 Å². The van der Waals surface area contributed by atoms with E-state index in [1.807, 2.05) is 42.5 Å². The highest BCUT2D eigenvalue weighted by molar-refractivity contribution is 5.84. The Hall–Kier alpha value is -2.56. The lowest BCUT2D eigenvalue weighted by Gasteiger charge is -2.17. The lowest BCUT2D eigenvalue weighted by molar-refractivity contribution is -0.138. The van der Waals surface area contributed by atoms with Crippen LogP contribution in [0.4, 0.5) is 0 Å². The number of hydrogen-bond acceptors (Lipinski definition) is 3. The molecule has 0 saturated heterocycles. The Labute approximate surface area is 129 Å². The van der Waals surface area contributed by atoms with E-state index >= 15 is 0 Å². The molecule has 0 radical (unpaired) electrons. The van der Waals surface area contributed by atoms with E-state index in [0.717, 1.165) is 10.8 Å². The Kier molecular flexibility index (Phi) is 5.36. The molecule has 2 rings (SSSR count). The fourth-order valence-corrected chi connectivity index (χ4v) is 2.10. The van der Waals surface area contributed by atoms with Gasteiger partial charge in [0.05, 0.1) is 0 Å². The number of carboxylic acids is 1. The number of amides is 1. The second-order valence-corrected chi connectivity index (χ2v) is 5.11. The maximum absolute atomic E-state index is 11.9. The van der Waals surface area contributed by atoms with Gasteiger partial charge < -0.3 is 14.7 Å². The van der Waals surface area contributed by atoms with Gasteiger partial charge in [-0.2, -0.15) is 0 Å². The Morgan fingerprint density at radius 2 is 1.86 bits per heavy atom. The molecule has 0 aliphatic heterocycles. The molecule has 0 unspecified atom stereocenters. The van der Waals surface area contributed by atoms with Crippen LogP contribution in [0.5, 0.6) is 5.75 Å². The molecular formula is C17H19NO4. The van der Waals surface area contributed by atoms with Gasteiger partial charge in [-0.05, 0) is 29.3 Å². The van der Waals surface area contributed by atoms with Crippen molar-refractivity contribution in [3.05, 3.63) is 42.5 Å².